The van der Waals surface area contributed by atoms with Crippen molar-refractivity contribution in [2.75, 3.05) is 4.90 Å². The van der Waals surface area contributed by atoms with Crippen LogP contribution in [-0.4, -0.2) is 0 Å². The molecule has 0 N–H and O–H groups in total. The van der Waals surface area contributed by atoms with Crippen molar-refractivity contribution < 1.29 is 4.42 Å². The van der Waals surface area contributed by atoms with Gasteiger partial charge in [0.2, 0.25) is 0 Å². The SMILES string of the molecule is Cc1cccc2c1N1C(C)c3c(oc4sccc34)C1(C)C(C)(C)C2(C)C. The van der Waals surface area contributed by atoms with Gasteiger partial charge < -0.3 is 9.32 Å². The van der Waals surface area contributed by atoms with E-state index >= 15 is 0 Å². The lowest BCUT2D eigenvalue weighted by atomic mass is 9.52. The van der Waals surface area contributed by atoms with E-state index in [-0.39, 0.29) is 16.4 Å². The lowest BCUT2D eigenvalue weighted by molar-refractivity contribution is 0.0522. The third-order valence-corrected chi connectivity index (χ3v) is 8.81. The number of anilines is 1. The maximum absolute atomic E-state index is 6.55. The molecular weight excluding hydrogens is 338 g/mol. The number of hydrogen-bond donors (Lipinski definition) is 0. The van der Waals surface area contributed by atoms with Crippen molar-refractivity contribution in [2.24, 2.45) is 5.41 Å². The summed E-state index contributed by atoms with van der Waals surface area (Å²) in [6.45, 7) is 16.7. The molecule has 0 amide bonds. The maximum Gasteiger partial charge on any atom is 0.188 e. The molecule has 0 bridgehead atoms. The van der Waals surface area contributed by atoms with Gasteiger partial charge in [-0.1, -0.05) is 45.9 Å². The Morgan fingerprint density at radius 2 is 1.81 bits per heavy atom. The normalized spacial score (nSPS) is 28.1. The molecule has 2 aromatic heterocycles. The van der Waals surface area contributed by atoms with Crippen molar-refractivity contribution in [3.63, 3.8) is 0 Å². The fourth-order valence-corrected chi connectivity index (χ4v) is 6.44. The smallest absolute Gasteiger partial charge is 0.188 e. The highest BCUT2D eigenvalue weighted by atomic mass is 32.1. The number of nitrogens with zero attached hydrogens (tertiary/aromatic N) is 1. The van der Waals surface area contributed by atoms with Crippen LogP contribution in [0, 0.1) is 12.3 Å². The van der Waals surface area contributed by atoms with E-state index in [9.17, 15) is 0 Å². The van der Waals surface area contributed by atoms with Crippen LogP contribution in [0.15, 0.2) is 34.1 Å². The van der Waals surface area contributed by atoms with Crippen molar-refractivity contribution in [1.82, 2.24) is 0 Å². The summed E-state index contributed by atoms with van der Waals surface area (Å²) in [5.41, 5.74) is 5.46. The van der Waals surface area contributed by atoms with Crippen LogP contribution >= 0.6 is 11.3 Å². The van der Waals surface area contributed by atoms with Gasteiger partial charge >= 0.3 is 0 Å². The van der Waals surface area contributed by atoms with Crippen LogP contribution in [0.5, 0.6) is 0 Å². The lowest BCUT2D eigenvalue weighted by Crippen LogP contribution is -2.62. The lowest BCUT2D eigenvalue weighted by Gasteiger charge is -2.61. The van der Waals surface area contributed by atoms with Gasteiger partial charge in [0.15, 0.2) is 4.90 Å². The highest BCUT2D eigenvalue weighted by Crippen LogP contribution is 2.68. The van der Waals surface area contributed by atoms with Crippen LogP contribution in [0.4, 0.5) is 5.69 Å². The first kappa shape index (κ1) is 16.4. The first-order chi connectivity index (χ1) is 12.1. The number of furan rings is 1. The Hall–Kier alpha value is -1.74. The molecule has 2 unspecified atom stereocenters. The number of hydrogen-bond acceptors (Lipinski definition) is 3. The molecule has 0 radical (unpaired) electrons. The molecule has 0 fully saturated rings. The molecule has 0 saturated heterocycles. The molecule has 136 valence electrons. The minimum atomic E-state index is -0.177. The molecule has 0 spiro atoms. The molecule has 2 atom stereocenters. The van der Waals surface area contributed by atoms with Gasteiger partial charge in [0.1, 0.15) is 11.3 Å². The van der Waals surface area contributed by atoms with Gasteiger partial charge in [0, 0.05) is 22.1 Å². The second-order valence-corrected chi connectivity index (χ2v) is 10.2. The molecule has 4 heterocycles. The van der Waals surface area contributed by atoms with E-state index in [4.69, 9.17) is 4.42 Å². The molecular formula is C23H27NOS. The molecule has 2 aliphatic heterocycles. The van der Waals surface area contributed by atoms with Crippen LogP contribution in [0.2, 0.25) is 0 Å². The largest absolute Gasteiger partial charge is 0.447 e. The number of para-hydroxylation sites is 1. The molecule has 0 aliphatic carbocycles. The summed E-state index contributed by atoms with van der Waals surface area (Å²) in [7, 11) is 0. The Bertz CT molecular complexity index is 1050. The molecule has 0 saturated carbocycles. The van der Waals surface area contributed by atoms with E-state index in [1.165, 1.54) is 33.5 Å². The van der Waals surface area contributed by atoms with Crippen LogP contribution in [-0.2, 0) is 11.0 Å². The monoisotopic (exact) mass is 365 g/mol. The Balaban J connectivity index is 1.94. The number of benzene rings is 1. The quantitative estimate of drug-likeness (QED) is 0.430. The minimum absolute atomic E-state index is 0.000273. The predicted octanol–water partition coefficient (Wildman–Crippen LogP) is 6.92. The van der Waals surface area contributed by atoms with Crippen molar-refractivity contribution >= 4 is 27.3 Å². The van der Waals surface area contributed by atoms with Crippen molar-refractivity contribution in [3.05, 3.63) is 52.1 Å². The van der Waals surface area contributed by atoms with E-state index in [1.807, 2.05) is 0 Å². The number of rotatable bonds is 0. The van der Waals surface area contributed by atoms with E-state index in [0.717, 1.165) is 4.90 Å². The summed E-state index contributed by atoms with van der Waals surface area (Å²) < 4.78 is 6.55. The van der Waals surface area contributed by atoms with E-state index < -0.39 is 0 Å². The first-order valence-corrected chi connectivity index (χ1v) is 10.4. The zero-order valence-corrected chi connectivity index (χ0v) is 17.5. The summed E-state index contributed by atoms with van der Waals surface area (Å²) in [4.78, 5) is 3.74. The van der Waals surface area contributed by atoms with Gasteiger partial charge in [-0.25, -0.2) is 0 Å². The van der Waals surface area contributed by atoms with Gasteiger partial charge in [-0.3, -0.25) is 0 Å². The van der Waals surface area contributed by atoms with E-state index in [0.29, 0.717) is 6.04 Å². The molecule has 26 heavy (non-hydrogen) atoms. The summed E-state index contributed by atoms with van der Waals surface area (Å²) >= 11 is 1.72. The van der Waals surface area contributed by atoms with Gasteiger partial charge in [-0.15, -0.1) is 11.3 Å². The van der Waals surface area contributed by atoms with Gasteiger partial charge in [0.05, 0.1) is 6.04 Å². The molecule has 5 rings (SSSR count). The van der Waals surface area contributed by atoms with Gasteiger partial charge in [-0.05, 0) is 48.8 Å². The number of thiophene rings is 1. The molecule has 2 nitrogen and oxygen atoms in total. The number of aryl methyl sites for hydroxylation is 1. The van der Waals surface area contributed by atoms with Gasteiger partial charge in [-0.2, -0.15) is 0 Å². The fourth-order valence-electron chi connectivity index (χ4n) is 5.68. The fraction of sp³-hybridized carbons (Fsp3) is 0.478. The van der Waals surface area contributed by atoms with Crippen LogP contribution in [0.3, 0.4) is 0 Å². The summed E-state index contributed by atoms with van der Waals surface area (Å²) in [5.74, 6) is 1.18. The van der Waals surface area contributed by atoms with Crippen molar-refractivity contribution in [2.45, 2.75) is 65.5 Å². The summed E-state index contributed by atoms with van der Waals surface area (Å²) in [6.07, 6.45) is 0. The first-order valence-electron chi connectivity index (χ1n) is 9.54. The minimum Gasteiger partial charge on any atom is -0.447 e. The van der Waals surface area contributed by atoms with Crippen LogP contribution < -0.4 is 4.90 Å². The Kier molecular flexibility index (Phi) is 2.88. The standard InChI is InChI=1S/C23H27NOS/c1-13-9-8-10-16-18(13)24-14(2)17-15-11-12-26-20(15)25-19(17)23(24,7)22(5,6)21(16,3)4/h8-12,14H,1-7H3. The number of fused-ring (bicyclic) bond motifs is 7. The molecule has 3 aromatic rings. The topological polar surface area (TPSA) is 16.4 Å². The Morgan fingerprint density at radius 3 is 2.54 bits per heavy atom. The molecule has 1 aromatic carbocycles. The zero-order valence-electron chi connectivity index (χ0n) is 16.7. The second kappa shape index (κ2) is 4.56. The maximum atomic E-state index is 6.55. The van der Waals surface area contributed by atoms with Crippen LogP contribution in [0.1, 0.15) is 70.0 Å². The predicted molar refractivity (Wildman–Crippen MR) is 110 cm³/mol. The highest BCUT2D eigenvalue weighted by Gasteiger charge is 2.66. The van der Waals surface area contributed by atoms with Crippen molar-refractivity contribution in [3.8, 4) is 0 Å². The van der Waals surface area contributed by atoms with Crippen LogP contribution in [0.25, 0.3) is 10.3 Å². The summed E-state index contributed by atoms with van der Waals surface area (Å²) in [6, 6.07) is 9.33. The Labute approximate surface area is 159 Å². The second-order valence-electron chi connectivity index (χ2n) is 9.31. The average Bonchev–Trinajstić information content (AvgIpc) is 3.19. The van der Waals surface area contributed by atoms with E-state index in [1.54, 1.807) is 11.3 Å². The van der Waals surface area contributed by atoms with Gasteiger partial charge in [0.25, 0.3) is 0 Å². The zero-order chi connectivity index (χ0) is 18.6. The Morgan fingerprint density at radius 1 is 1.08 bits per heavy atom. The summed E-state index contributed by atoms with van der Waals surface area (Å²) in [5, 5.41) is 3.45. The third-order valence-electron chi connectivity index (χ3n) is 8.02. The van der Waals surface area contributed by atoms with Crippen molar-refractivity contribution in [1.29, 1.82) is 0 Å². The third kappa shape index (κ3) is 1.49. The van der Waals surface area contributed by atoms with E-state index in [2.05, 4.69) is 83.0 Å². The highest BCUT2D eigenvalue weighted by molar-refractivity contribution is 7.16. The molecule has 3 heteroatoms. The molecule has 2 aliphatic rings. The average molecular weight is 366 g/mol.